The molecule has 0 aromatic heterocycles. The molecule has 0 bridgehead atoms. The summed E-state index contributed by atoms with van der Waals surface area (Å²) in [5, 5.41) is 18.0. The van der Waals surface area contributed by atoms with Crippen LogP contribution in [0.5, 0.6) is 5.75 Å². The molecule has 4 nitrogen and oxygen atoms in total. The fraction of sp³-hybridized carbons (Fsp3) is 0.273. The molecule has 0 heterocycles. The molecular weight excluding hydrogens is 232 g/mol. The molecule has 1 aromatic rings. The number of hydrogen-bond donors (Lipinski definition) is 1. The van der Waals surface area contributed by atoms with E-state index in [0.717, 1.165) is 12.1 Å². The second kappa shape index (κ2) is 5.25. The van der Waals surface area contributed by atoms with Crippen LogP contribution in [0.3, 0.4) is 0 Å². The highest BCUT2D eigenvalue weighted by Crippen LogP contribution is 2.34. The monoisotopic (exact) mass is 241 g/mol. The van der Waals surface area contributed by atoms with Crippen molar-refractivity contribution < 1.29 is 23.4 Å². The summed E-state index contributed by atoms with van der Waals surface area (Å²) in [5.74, 6) is -1.84. The molecular formula is C11H9F2NO3. The number of carbonyl (C=O) groups is 1. The van der Waals surface area contributed by atoms with E-state index < -0.39 is 29.3 Å². The Labute approximate surface area is 96.0 Å². The van der Waals surface area contributed by atoms with Crippen LogP contribution in [-0.4, -0.2) is 17.7 Å². The number of phenolic OH excluding ortho intramolecular Hbond substituents is 1. The number of benzene rings is 1. The number of aromatic hydroxyl groups is 1. The maximum Gasteiger partial charge on any atom is 0.338 e. The molecule has 0 saturated heterocycles. The van der Waals surface area contributed by atoms with Crippen molar-refractivity contribution in [2.24, 2.45) is 0 Å². The maximum absolute atomic E-state index is 12.7. The third-order valence-corrected chi connectivity index (χ3v) is 2.05. The zero-order valence-electron chi connectivity index (χ0n) is 8.91. The second-order valence-corrected chi connectivity index (χ2v) is 3.06. The molecule has 0 aliphatic rings. The molecule has 0 spiro atoms. The molecule has 17 heavy (non-hydrogen) atoms. The Morgan fingerprint density at radius 1 is 1.59 bits per heavy atom. The highest BCUT2D eigenvalue weighted by molar-refractivity contribution is 5.92. The van der Waals surface area contributed by atoms with E-state index in [0.29, 0.717) is 0 Å². The van der Waals surface area contributed by atoms with Gasteiger partial charge in [-0.25, -0.2) is 13.6 Å². The Hall–Kier alpha value is -2.16. The Bertz CT molecular complexity index is 480. The molecule has 0 fully saturated rings. The average Bonchev–Trinajstić information content (AvgIpc) is 2.28. The lowest BCUT2D eigenvalue weighted by Crippen LogP contribution is -2.09. The molecule has 90 valence electrons. The van der Waals surface area contributed by atoms with Crippen LogP contribution < -0.4 is 0 Å². The third-order valence-electron chi connectivity index (χ3n) is 2.05. The fourth-order valence-electron chi connectivity index (χ4n) is 1.31. The minimum atomic E-state index is -3.07. The topological polar surface area (TPSA) is 70.3 Å². The Morgan fingerprint density at radius 3 is 2.71 bits per heavy atom. The van der Waals surface area contributed by atoms with Crippen molar-refractivity contribution in [2.75, 3.05) is 6.61 Å². The van der Waals surface area contributed by atoms with Gasteiger partial charge in [0.15, 0.2) is 0 Å². The van der Waals surface area contributed by atoms with Crippen LogP contribution in [0, 0.1) is 11.3 Å². The summed E-state index contributed by atoms with van der Waals surface area (Å²) in [7, 11) is 0. The van der Waals surface area contributed by atoms with E-state index in [1.165, 1.54) is 6.92 Å². The highest BCUT2D eigenvalue weighted by atomic mass is 19.3. The first-order chi connectivity index (χ1) is 8.02. The number of nitriles is 1. The molecule has 0 amide bonds. The molecule has 0 radical (unpaired) electrons. The number of hydrogen-bond acceptors (Lipinski definition) is 4. The molecule has 1 aromatic carbocycles. The van der Waals surface area contributed by atoms with Gasteiger partial charge in [-0.3, -0.25) is 0 Å². The van der Waals surface area contributed by atoms with Crippen LogP contribution in [0.2, 0.25) is 0 Å². The SMILES string of the molecule is CCOC(=O)c1ccc(C#N)c(O)c1C(F)F. The zero-order chi connectivity index (χ0) is 13.0. The van der Waals surface area contributed by atoms with Crippen LogP contribution in [-0.2, 0) is 4.74 Å². The van der Waals surface area contributed by atoms with Crippen molar-refractivity contribution in [1.29, 1.82) is 5.26 Å². The van der Waals surface area contributed by atoms with Crippen molar-refractivity contribution in [3.63, 3.8) is 0 Å². The van der Waals surface area contributed by atoms with E-state index in [2.05, 4.69) is 4.74 Å². The van der Waals surface area contributed by atoms with Crippen molar-refractivity contribution >= 4 is 5.97 Å². The fourth-order valence-corrected chi connectivity index (χ4v) is 1.31. The van der Waals surface area contributed by atoms with Gasteiger partial charge in [-0.1, -0.05) is 0 Å². The smallest absolute Gasteiger partial charge is 0.338 e. The van der Waals surface area contributed by atoms with Crippen molar-refractivity contribution in [2.45, 2.75) is 13.3 Å². The minimum Gasteiger partial charge on any atom is -0.506 e. The number of nitrogens with zero attached hydrogens (tertiary/aromatic N) is 1. The summed E-state index contributed by atoms with van der Waals surface area (Å²) in [6.45, 7) is 1.56. The van der Waals surface area contributed by atoms with E-state index in [1.807, 2.05) is 0 Å². The van der Waals surface area contributed by atoms with E-state index in [-0.39, 0.29) is 12.2 Å². The number of ether oxygens (including phenoxy) is 1. The van der Waals surface area contributed by atoms with Gasteiger partial charge in [-0.2, -0.15) is 5.26 Å². The Morgan fingerprint density at radius 2 is 2.24 bits per heavy atom. The predicted molar refractivity (Wildman–Crippen MR) is 53.7 cm³/mol. The molecule has 0 atom stereocenters. The molecule has 0 saturated carbocycles. The summed E-state index contributed by atoms with van der Waals surface area (Å²) in [6.07, 6.45) is -3.07. The standard InChI is InChI=1S/C11H9F2NO3/c1-2-17-11(16)7-4-3-6(5-14)9(15)8(7)10(12)13/h3-4,10,15H,2H2,1H3. The molecule has 0 aliphatic heterocycles. The predicted octanol–water partition coefficient (Wildman–Crippen LogP) is 2.38. The van der Waals surface area contributed by atoms with E-state index in [1.54, 1.807) is 6.07 Å². The highest BCUT2D eigenvalue weighted by Gasteiger charge is 2.25. The van der Waals surface area contributed by atoms with Gasteiger partial charge in [0.2, 0.25) is 0 Å². The largest absolute Gasteiger partial charge is 0.506 e. The molecule has 0 aliphatic carbocycles. The first-order valence-corrected chi connectivity index (χ1v) is 4.74. The summed E-state index contributed by atoms with van der Waals surface area (Å²) in [5.41, 5.74) is -1.62. The van der Waals surface area contributed by atoms with Gasteiger partial charge in [0.05, 0.1) is 23.3 Å². The molecule has 1 N–H and O–H groups in total. The lowest BCUT2D eigenvalue weighted by Gasteiger charge is -2.10. The lowest BCUT2D eigenvalue weighted by atomic mass is 10.0. The summed E-state index contributed by atoms with van der Waals surface area (Å²) >= 11 is 0. The Balaban J connectivity index is 3.37. The van der Waals surface area contributed by atoms with Crippen LogP contribution in [0.25, 0.3) is 0 Å². The van der Waals surface area contributed by atoms with Crippen molar-refractivity contribution in [3.8, 4) is 11.8 Å². The summed E-state index contributed by atoms with van der Waals surface area (Å²) in [4.78, 5) is 11.4. The normalized spacial score (nSPS) is 10.1. The van der Waals surface area contributed by atoms with Gasteiger partial charge >= 0.3 is 5.97 Å². The van der Waals surface area contributed by atoms with Gasteiger partial charge in [-0.05, 0) is 19.1 Å². The van der Waals surface area contributed by atoms with E-state index >= 15 is 0 Å². The summed E-state index contributed by atoms with van der Waals surface area (Å²) in [6, 6.07) is 3.68. The number of phenols is 1. The van der Waals surface area contributed by atoms with Gasteiger partial charge in [0, 0.05) is 0 Å². The quantitative estimate of drug-likeness (QED) is 0.825. The minimum absolute atomic E-state index is 0.0300. The van der Waals surface area contributed by atoms with Gasteiger partial charge in [0.1, 0.15) is 11.8 Å². The van der Waals surface area contributed by atoms with Crippen LogP contribution in [0.4, 0.5) is 8.78 Å². The van der Waals surface area contributed by atoms with Crippen molar-refractivity contribution in [3.05, 3.63) is 28.8 Å². The van der Waals surface area contributed by atoms with Crippen LogP contribution in [0.15, 0.2) is 12.1 Å². The number of carbonyl (C=O) groups excluding carboxylic acids is 1. The van der Waals surface area contributed by atoms with Crippen LogP contribution in [0.1, 0.15) is 34.8 Å². The van der Waals surface area contributed by atoms with Gasteiger partial charge in [0.25, 0.3) is 6.43 Å². The lowest BCUT2D eigenvalue weighted by molar-refractivity contribution is 0.0514. The first kappa shape index (κ1) is 12.9. The zero-order valence-corrected chi connectivity index (χ0v) is 8.91. The molecule has 6 heteroatoms. The van der Waals surface area contributed by atoms with Crippen LogP contribution >= 0.6 is 0 Å². The average molecular weight is 241 g/mol. The number of alkyl halides is 2. The van der Waals surface area contributed by atoms with Gasteiger partial charge < -0.3 is 9.84 Å². The molecule has 0 unspecified atom stereocenters. The van der Waals surface area contributed by atoms with E-state index in [9.17, 15) is 18.7 Å². The first-order valence-electron chi connectivity index (χ1n) is 4.74. The molecule has 1 rings (SSSR count). The number of esters is 1. The van der Waals surface area contributed by atoms with Crippen molar-refractivity contribution in [1.82, 2.24) is 0 Å². The van der Waals surface area contributed by atoms with Gasteiger partial charge in [-0.15, -0.1) is 0 Å². The second-order valence-electron chi connectivity index (χ2n) is 3.06. The third kappa shape index (κ3) is 2.50. The summed E-state index contributed by atoms with van der Waals surface area (Å²) < 4.78 is 30.0. The Kier molecular flexibility index (Phi) is 3.99. The van der Waals surface area contributed by atoms with E-state index in [4.69, 9.17) is 5.26 Å². The maximum atomic E-state index is 12.7. The number of halogens is 2. The number of rotatable bonds is 3.